The van der Waals surface area contributed by atoms with E-state index in [9.17, 15) is 5.11 Å². The summed E-state index contributed by atoms with van der Waals surface area (Å²) in [7, 11) is 0. The normalized spacial score (nSPS) is 41.9. The summed E-state index contributed by atoms with van der Waals surface area (Å²) in [6, 6.07) is 9.95. The fraction of sp³-hybridized carbons (Fsp3) is 0.684. The Morgan fingerprint density at radius 3 is 2.64 bits per heavy atom. The maximum absolute atomic E-state index is 11.0. The van der Waals surface area contributed by atoms with Crippen LogP contribution in [0.2, 0.25) is 0 Å². The Hall–Kier alpha value is -0.510. The summed E-state index contributed by atoms with van der Waals surface area (Å²) >= 11 is 1.88. The van der Waals surface area contributed by atoms with E-state index < -0.39 is 5.60 Å². The van der Waals surface area contributed by atoms with Gasteiger partial charge in [0.25, 0.3) is 0 Å². The summed E-state index contributed by atoms with van der Waals surface area (Å²) in [5.74, 6) is 2.35. The van der Waals surface area contributed by atoms with E-state index in [2.05, 4.69) is 13.8 Å². The minimum absolute atomic E-state index is 0.156. The van der Waals surface area contributed by atoms with Gasteiger partial charge in [-0.05, 0) is 48.5 Å². The maximum atomic E-state index is 11.0. The fourth-order valence-electron chi connectivity index (χ4n) is 4.88. The van der Waals surface area contributed by atoms with E-state index in [1.165, 1.54) is 12.8 Å². The smallest absolute Gasteiger partial charge is 0.136 e. The number of aliphatic hydroxyl groups is 1. The van der Waals surface area contributed by atoms with Crippen molar-refractivity contribution >= 4 is 11.8 Å². The van der Waals surface area contributed by atoms with Gasteiger partial charge in [0.2, 0.25) is 0 Å². The second-order valence-electron chi connectivity index (χ2n) is 8.11. The molecule has 5 rings (SSSR count). The summed E-state index contributed by atoms with van der Waals surface area (Å²) < 4.78 is 6.17. The van der Waals surface area contributed by atoms with Crippen LogP contribution in [-0.4, -0.2) is 22.4 Å². The molecule has 120 valence electrons. The molecule has 3 saturated carbocycles. The van der Waals surface area contributed by atoms with Crippen LogP contribution in [-0.2, 0) is 10.3 Å². The van der Waals surface area contributed by atoms with Gasteiger partial charge in [-0.3, -0.25) is 0 Å². The Bertz CT molecular complexity index is 554. The van der Waals surface area contributed by atoms with Crippen molar-refractivity contribution < 1.29 is 9.84 Å². The monoisotopic (exact) mass is 318 g/mol. The van der Waals surface area contributed by atoms with Crippen molar-refractivity contribution in [1.82, 2.24) is 0 Å². The van der Waals surface area contributed by atoms with Gasteiger partial charge in [-0.25, -0.2) is 0 Å². The lowest BCUT2D eigenvalue weighted by Crippen LogP contribution is -2.60. The van der Waals surface area contributed by atoms with E-state index in [0.29, 0.717) is 16.6 Å². The van der Waals surface area contributed by atoms with Crippen LogP contribution in [0.25, 0.3) is 0 Å². The van der Waals surface area contributed by atoms with Gasteiger partial charge in [-0.15, -0.1) is 11.8 Å². The standard InChI is InChI=1S/C19H26O2S/c1-18(2)13-9-15(18)14-11-21-17(22-16(14)10-13)19(3,20)12-7-5-4-6-8-12/h4-8,13-17,20H,9-11H2,1-3H3/t13-,14+,15+,16+,17-,19?/m1/s1. The van der Waals surface area contributed by atoms with Gasteiger partial charge in [-0.2, -0.15) is 0 Å². The molecule has 1 aromatic carbocycles. The van der Waals surface area contributed by atoms with Crippen molar-refractivity contribution in [1.29, 1.82) is 0 Å². The number of thioether (sulfide) groups is 1. The van der Waals surface area contributed by atoms with E-state index in [4.69, 9.17) is 4.74 Å². The van der Waals surface area contributed by atoms with Crippen molar-refractivity contribution in [2.75, 3.05) is 6.61 Å². The Morgan fingerprint density at radius 1 is 1.23 bits per heavy atom. The SMILES string of the molecule is CC(O)(c1ccccc1)[C@@H]1OC[C@@H]2[C@H](C[C@H]3C[C@@H]2C3(C)C)S1. The van der Waals surface area contributed by atoms with Crippen LogP contribution < -0.4 is 0 Å². The van der Waals surface area contributed by atoms with E-state index in [1.807, 2.05) is 49.0 Å². The number of rotatable bonds is 2. The topological polar surface area (TPSA) is 29.5 Å². The summed E-state index contributed by atoms with van der Waals surface area (Å²) in [5, 5.41) is 11.7. The molecule has 22 heavy (non-hydrogen) atoms. The van der Waals surface area contributed by atoms with Gasteiger partial charge < -0.3 is 9.84 Å². The Morgan fingerprint density at radius 2 is 1.95 bits per heavy atom. The third-order valence-corrected chi connectivity index (χ3v) is 8.35. The number of ether oxygens (including phenoxy) is 1. The van der Waals surface area contributed by atoms with Gasteiger partial charge in [0, 0.05) is 5.25 Å². The third-order valence-electron chi connectivity index (χ3n) is 6.61. The Kier molecular flexibility index (Phi) is 3.41. The van der Waals surface area contributed by atoms with Crippen molar-refractivity contribution in [3.8, 4) is 0 Å². The first kappa shape index (κ1) is 15.0. The highest BCUT2D eigenvalue weighted by atomic mass is 32.2. The van der Waals surface area contributed by atoms with E-state index in [1.54, 1.807) is 0 Å². The third kappa shape index (κ3) is 2.09. The number of benzene rings is 1. The molecule has 3 heteroatoms. The summed E-state index contributed by atoms with van der Waals surface area (Å²) in [5.41, 5.74) is 0.373. The van der Waals surface area contributed by atoms with E-state index in [-0.39, 0.29) is 5.44 Å². The quantitative estimate of drug-likeness (QED) is 0.892. The van der Waals surface area contributed by atoms with Crippen molar-refractivity contribution in [3.63, 3.8) is 0 Å². The lowest BCUT2D eigenvalue weighted by molar-refractivity contribution is -0.146. The Balaban J connectivity index is 1.52. The molecule has 2 bridgehead atoms. The van der Waals surface area contributed by atoms with E-state index in [0.717, 1.165) is 24.0 Å². The molecule has 0 radical (unpaired) electrons. The largest absolute Gasteiger partial charge is 0.382 e. The van der Waals surface area contributed by atoms with Gasteiger partial charge in [0.15, 0.2) is 0 Å². The second-order valence-corrected chi connectivity index (χ2v) is 9.42. The molecule has 1 heterocycles. The summed E-state index contributed by atoms with van der Waals surface area (Å²) in [4.78, 5) is 0. The molecular formula is C19H26O2S. The Labute approximate surface area is 137 Å². The predicted octanol–water partition coefficient (Wildman–Crippen LogP) is 4.03. The van der Waals surface area contributed by atoms with Gasteiger partial charge in [0.1, 0.15) is 11.0 Å². The first-order valence-electron chi connectivity index (χ1n) is 8.45. The molecule has 4 aliphatic rings. The molecule has 1 aromatic rings. The summed E-state index contributed by atoms with van der Waals surface area (Å²) in [6.45, 7) is 7.57. The van der Waals surface area contributed by atoms with Crippen LogP contribution in [0.15, 0.2) is 30.3 Å². The average Bonchev–Trinajstić information content (AvgIpc) is 2.54. The molecule has 1 unspecified atom stereocenters. The minimum Gasteiger partial charge on any atom is -0.382 e. The molecular weight excluding hydrogens is 292 g/mol. The first-order valence-corrected chi connectivity index (χ1v) is 9.40. The van der Waals surface area contributed by atoms with Gasteiger partial charge in [0.05, 0.1) is 6.61 Å². The highest BCUT2D eigenvalue weighted by molar-refractivity contribution is 8.00. The maximum Gasteiger partial charge on any atom is 0.136 e. The van der Waals surface area contributed by atoms with Crippen LogP contribution >= 0.6 is 11.8 Å². The van der Waals surface area contributed by atoms with E-state index >= 15 is 0 Å². The lowest BCUT2D eigenvalue weighted by atomic mass is 9.45. The van der Waals surface area contributed by atoms with Crippen molar-refractivity contribution in [2.45, 2.75) is 49.9 Å². The van der Waals surface area contributed by atoms with Crippen LogP contribution in [0.1, 0.15) is 39.2 Å². The van der Waals surface area contributed by atoms with Gasteiger partial charge >= 0.3 is 0 Å². The molecule has 0 aromatic heterocycles. The molecule has 6 atom stereocenters. The predicted molar refractivity (Wildman–Crippen MR) is 90.6 cm³/mol. The molecule has 3 aliphatic carbocycles. The van der Waals surface area contributed by atoms with Crippen LogP contribution in [0.3, 0.4) is 0 Å². The number of hydrogen-bond acceptors (Lipinski definition) is 3. The summed E-state index contributed by atoms with van der Waals surface area (Å²) in [6.07, 6.45) is 2.68. The lowest BCUT2D eigenvalue weighted by Gasteiger charge is -2.64. The van der Waals surface area contributed by atoms with Crippen LogP contribution in [0.5, 0.6) is 0 Å². The molecule has 4 fully saturated rings. The minimum atomic E-state index is -0.923. The van der Waals surface area contributed by atoms with Crippen LogP contribution in [0, 0.1) is 23.2 Å². The average molecular weight is 318 g/mol. The molecule has 0 amide bonds. The molecule has 1 N–H and O–H groups in total. The molecule has 0 spiro atoms. The zero-order valence-corrected chi connectivity index (χ0v) is 14.5. The van der Waals surface area contributed by atoms with Gasteiger partial charge in [-0.1, -0.05) is 44.2 Å². The van der Waals surface area contributed by atoms with Crippen molar-refractivity contribution in [2.24, 2.45) is 23.2 Å². The fourth-order valence-corrected chi connectivity index (χ4v) is 6.57. The zero-order valence-electron chi connectivity index (χ0n) is 13.7. The van der Waals surface area contributed by atoms with Crippen LogP contribution in [0.4, 0.5) is 0 Å². The highest BCUT2D eigenvalue weighted by Crippen LogP contribution is 2.65. The molecule has 1 saturated heterocycles. The van der Waals surface area contributed by atoms with Crippen molar-refractivity contribution in [3.05, 3.63) is 35.9 Å². The highest BCUT2D eigenvalue weighted by Gasteiger charge is 2.60. The molecule has 1 aliphatic heterocycles. The first-order chi connectivity index (χ1) is 10.4. The number of hydrogen-bond donors (Lipinski definition) is 1. The second kappa shape index (κ2) is 4.99. The zero-order chi connectivity index (χ0) is 15.5. The molecule has 2 nitrogen and oxygen atoms in total.